The normalized spacial score (nSPS) is 18.7. The highest BCUT2D eigenvalue weighted by Crippen LogP contribution is 2.28. The fourth-order valence-corrected chi connectivity index (χ4v) is 4.15. The first-order valence-electron chi connectivity index (χ1n) is 10.1. The van der Waals surface area contributed by atoms with Gasteiger partial charge in [-0.1, -0.05) is 0 Å². The first kappa shape index (κ1) is 19.6. The van der Waals surface area contributed by atoms with Crippen molar-refractivity contribution >= 4 is 17.5 Å². The van der Waals surface area contributed by atoms with Crippen LogP contribution in [0.3, 0.4) is 0 Å². The second kappa shape index (κ2) is 7.59. The summed E-state index contributed by atoms with van der Waals surface area (Å²) in [5.74, 6) is 1.88. The zero-order valence-electron chi connectivity index (χ0n) is 17.6. The van der Waals surface area contributed by atoms with E-state index in [4.69, 9.17) is 5.73 Å². The molecule has 8 heteroatoms. The number of hydrogen-bond donors (Lipinski definition) is 1. The lowest BCUT2D eigenvalue weighted by molar-refractivity contribution is 0.0722. The van der Waals surface area contributed by atoms with E-state index in [0.29, 0.717) is 13.1 Å². The Morgan fingerprint density at radius 2 is 2.03 bits per heavy atom. The summed E-state index contributed by atoms with van der Waals surface area (Å²) in [6, 6.07) is 2.20. The number of anilines is 2. The molecule has 0 spiro atoms. The van der Waals surface area contributed by atoms with Gasteiger partial charge in [0.2, 0.25) is 5.82 Å². The molecule has 0 radical (unpaired) electrons. The van der Waals surface area contributed by atoms with Crippen LogP contribution in [0.4, 0.5) is 11.6 Å². The van der Waals surface area contributed by atoms with Crippen molar-refractivity contribution < 1.29 is 4.79 Å². The highest BCUT2D eigenvalue weighted by molar-refractivity contribution is 5.91. The van der Waals surface area contributed by atoms with E-state index in [9.17, 15) is 4.79 Å². The number of amides is 1. The van der Waals surface area contributed by atoms with Crippen LogP contribution in [0.25, 0.3) is 0 Å². The number of hydrogen-bond acceptors (Lipinski definition) is 7. The number of fused-ring (bicyclic) bond motifs is 1. The van der Waals surface area contributed by atoms with E-state index in [-0.39, 0.29) is 17.8 Å². The largest absolute Gasteiger partial charge is 0.362 e. The van der Waals surface area contributed by atoms with Crippen LogP contribution in [0.15, 0.2) is 12.3 Å². The van der Waals surface area contributed by atoms with E-state index >= 15 is 0 Å². The zero-order chi connectivity index (χ0) is 20.7. The molecule has 2 aromatic heterocycles. The number of pyridine rings is 1. The van der Waals surface area contributed by atoms with Crippen molar-refractivity contribution in [2.75, 3.05) is 43.5 Å². The molecule has 0 aliphatic carbocycles. The molecule has 1 amide bonds. The Morgan fingerprint density at radius 3 is 2.72 bits per heavy atom. The minimum Gasteiger partial charge on any atom is -0.362 e. The van der Waals surface area contributed by atoms with Crippen molar-refractivity contribution in [1.82, 2.24) is 19.9 Å². The number of carbonyl (C=O) groups is 1. The van der Waals surface area contributed by atoms with Crippen molar-refractivity contribution in [3.05, 3.63) is 40.5 Å². The fraction of sp³-hybridized carbons (Fsp3) is 0.524. The Hall–Kier alpha value is -2.74. The third-order valence-corrected chi connectivity index (χ3v) is 5.92. The van der Waals surface area contributed by atoms with Gasteiger partial charge in [-0.25, -0.2) is 15.0 Å². The quantitative estimate of drug-likeness (QED) is 0.837. The van der Waals surface area contributed by atoms with Crippen LogP contribution in [0, 0.1) is 13.8 Å². The lowest BCUT2D eigenvalue weighted by atomic mass is 10.0. The number of carbonyl (C=O) groups excluding carboxylic acids is 1. The Kier molecular flexibility index (Phi) is 5.12. The van der Waals surface area contributed by atoms with E-state index in [1.54, 1.807) is 0 Å². The van der Waals surface area contributed by atoms with Gasteiger partial charge in [0.05, 0.1) is 0 Å². The predicted octanol–water partition coefficient (Wildman–Crippen LogP) is 1.29. The van der Waals surface area contributed by atoms with Gasteiger partial charge in [-0.05, 0) is 38.3 Å². The maximum absolute atomic E-state index is 13.3. The molecule has 8 nitrogen and oxygen atoms in total. The van der Waals surface area contributed by atoms with Gasteiger partial charge in [0.25, 0.3) is 5.91 Å². The predicted molar refractivity (Wildman–Crippen MR) is 113 cm³/mol. The summed E-state index contributed by atoms with van der Waals surface area (Å²) >= 11 is 0. The molecule has 1 atom stereocenters. The van der Waals surface area contributed by atoms with Gasteiger partial charge in [0, 0.05) is 69.3 Å². The summed E-state index contributed by atoms with van der Waals surface area (Å²) in [6.45, 7) is 6.75. The van der Waals surface area contributed by atoms with Gasteiger partial charge in [-0.2, -0.15) is 0 Å². The zero-order valence-corrected chi connectivity index (χ0v) is 17.6. The third-order valence-electron chi connectivity index (χ3n) is 5.92. The summed E-state index contributed by atoms with van der Waals surface area (Å²) in [6.07, 6.45) is 3.59. The average molecular weight is 396 g/mol. The van der Waals surface area contributed by atoms with Gasteiger partial charge in [-0.15, -0.1) is 0 Å². The SMILES string of the molecule is Cc1nc(C(=O)N2CCc3ccnc(N(C)C)c3C2)nc(N2CC[C@@H](N)C2)c1C. The topological polar surface area (TPSA) is 91.5 Å². The molecule has 0 saturated carbocycles. The van der Waals surface area contributed by atoms with Crippen LogP contribution in [0.1, 0.15) is 39.4 Å². The number of aromatic nitrogens is 3. The highest BCUT2D eigenvalue weighted by atomic mass is 16.2. The molecule has 0 bridgehead atoms. The van der Waals surface area contributed by atoms with Gasteiger partial charge < -0.3 is 20.4 Å². The number of aryl methyl sites for hydroxylation is 1. The molecule has 0 unspecified atom stereocenters. The molecule has 1 fully saturated rings. The summed E-state index contributed by atoms with van der Waals surface area (Å²) in [7, 11) is 3.95. The van der Waals surface area contributed by atoms with Crippen LogP contribution < -0.4 is 15.5 Å². The van der Waals surface area contributed by atoms with Crippen LogP contribution >= 0.6 is 0 Å². The molecule has 0 aromatic carbocycles. The van der Waals surface area contributed by atoms with E-state index in [2.05, 4.69) is 19.9 Å². The minimum absolute atomic E-state index is 0.128. The molecule has 2 N–H and O–H groups in total. The second-order valence-electron chi connectivity index (χ2n) is 8.22. The minimum atomic E-state index is -0.128. The number of nitrogens with two attached hydrogens (primary N) is 1. The Bertz CT molecular complexity index is 943. The van der Waals surface area contributed by atoms with Gasteiger partial charge >= 0.3 is 0 Å². The molecule has 2 aliphatic rings. The lowest BCUT2D eigenvalue weighted by Crippen LogP contribution is -2.38. The second-order valence-corrected chi connectivity index (χ2v) is 8.22. The molecule has 2 aromatic rings. The average Bonchev–Trinajstić information content (AvgIpc) is 3.14. The van der Waals surface area contributed by atoms with Crippen molar-refractivity contribution in [3.63, 3.8) is 0 Å². The van der Waals surface area contributed by atoms with Gasteiger partial charge in [0.15, 0.2) is 0 Å². The molecule has 154 valence electrons. The van der Waals surface area contributed by atoms with Crippen LogP contribution in [-0.4, -0.2) is 65.5 Å². The summed E-state index contributed by atoms with van der Waals surface area (Å²) < 4.78 is 0. The van der Waals surface area contributed by atoms with Crippen LogP contribution in [0.5, 0.6) is 0 Å². The van der Waals surface area contributed by atoms with Crippen LogP contribution in [-0.2, 0) is 13.0 Å². The molecular weight excluding hydrogens is 366 g/mol. The van der Waals surface area contributed by atoms with Crippen molar-refractivity contribution in [2.24, 2.45) is 5.73 Å². The smallest absolute Gasteiger partial charge is 0.292 e. The standard InChI is InChI=1S/C21H29N7O/c1-13-14(2)24-18(25-19(13)27-10-7-16(22)11-27)21(29)28-9-6-15-5-8-23-20(26(3)4)17(15)12-28/h5,8,16H,6-7,9-12,22H2,1-4H3/t16-/m1/s1. The molecule has 4 heterocycles. The molecule has 4 rings (SSSR count). The van der Waals surface area contributed by atoms with E-state index in [0.717, 1.165) is 54.4 Å². The van der Waals surface area contributed by atoms with Crippen molar-refractivity contribution in [2.45, 2.75) is 39.3 Å². The van der Waals surface area contributed by atoms with Crippen molar-refractivity contribution in [1.29, 1.82) is 0 Å². The summed E-state index contributed by atoms with van der Waals surface area (Å²) in [4.78, 5) is 33.0. The van der Waals surface area contributed by atoms with Gasteiger partial charge in [-0.3, -0.25) is 4.79 Å². The first-order chi connectivity index (χ1) is 13.8. The monoisotopic (exact) mass is 395 g/mol. The van der Waals surface area contributed by atoms with Crippen molar-refractivity contribution in [3.8, 4) is 0 Å². The van der Waals surface area contributed by atoms with E-state index in [1.165, 1.54) is 5.56 Å². The van der Waals surface area contributed by atoms with E-state index in [1.807, 2.05) is 50.0 Å². The van der Waals surface area contributed by atoms with E-state index < -0.39 is 0 Å². The molecule has 29 heavy (non-hydrogen) atoms. The Morgan fingerprint density at radius 1 is 1.24 bits per heavy atom. The van der Waals surface area contributed by atoms with Gasteiger partial charge in [0.1, 0.15) is 11.6 Å². The number of nitrogens with zero attached hydrogens (tertiary/aromatic N) is 6. The summed E-state index contributed by atoms with van der Waals surface area (Å²) in [5, 5.41) is 0. The first-order valence-corrected chi connectivity index (χ1v) is 10.1. The molecular formula is C21H29N7O. The fourth-order valence-electron chi connectivity index (χ4n) is 4.15. The Balaban J connectivity index is 1.63. The number of rotatable bonds is 3. The lowest BCUT2D eigenvalue weighted by Gasteiger charge is -2.31. The Labute approximate surface area is 171 Å². The third kappa shape index (κ3) is 3.64. The maximum atomic E-state index is 13.3. The summed E-state index contributed by atoms with van der Waals surface area (Å²) in [5.41, 5.74) is 10.3. The molecule has 2 aliphatic heterocycles. The highest BCUT2D eigenvalue weighted by Gasteiger charge is 2.29. The maximum Gasteiger partial charge on any atom is 0.292 e. The molecule has 1 saturated heterocycles. The van der Waals surface area contributed by atoms with Crippen LogP contribution in [0.2, 0.25) is 0 Å².